The molecule has 2 aromatic carbocycles. The zero-order chi connectivity index (χ0) is 20.8. The van der Waals surface area contributed by atoms with Gasteiger partial charge in [-0.15, -0.1) is 0 Å². The van der Waals surface area contributed by atoms with Crippen LogP contribution >= 0.6 is 0 Å². The zero-order valence-corrected chi connectivity index (χ0v) is 17.4. The molecule has 0 aliphatic carbocycles. The molecule has 1 aliphatic rings. The van der Waals surface area contributed by atoms with Gasteiger partial charge in [-0.05, 0) is 36.0 Å². The standard InChI is InChI=1S/C24H31N3O2/c1-4-16(2)22(24(29)26-17(3)18-10-6-5-7-11-18)27-23(28)21-14-19-12-8-9-13-20(19)15-25-21/h5-13,16-17,21-22,25H,4,14-15H2,1-3H3,(H,26,29)(H,27,28)/t16?,17?,21-,22-/m0/s1. The van der Waals surface area contributed by atoms with Crippen LogP contribution in [0.15, 0.2) is 54.6 Å². The molecule has 0 saturated carbocycles. The van der Waals surface area contributed by atoms with Crippen molar-refractivity contribution >= 4 is 11.8 Å². The highest BCUT2D eigenvalue weighted by Crippen LogP contribution is 2.18. The van der Waals surface area contributed by atoms with Crippen LogP contribution in [0.25, 0.3) is 0 Å². The monoisotopic (exact) mass is 393 g/mol. The fraction of sp³-hybridized carbons (Fsp3) is 0.417. The second kappa shape index (κ2) is 9.70. The minimum Gasteiger partial charge on any atom is -0.348 e. The minimum absolute atomic E-state index is 0.0396. The number of fused-ring (bicyclic) bond motifs is 1. The third-order valence-electron chi connectivity index (χ3n) is 5.85. The Morgan fingerprint density at radius 2 is 1.66 bits per heavy atom. The summed E-state index contributed by atoms with van der Waals surface area (Å²) in [5.74, 6) is -0.217. The van der Waals surface area contributed by atoms with Crippen molar-refractivity contribution in [1.29, 1.82) is 0 Å². The number of benzene rings is 2. The molecule has 5 nitrogen and oxygen atoms in total. The van der Waals surface area contributed by atoms with E-state index >= 15 is 0 Å². The number of carbonyl (C=O) groups is 2. The Balaban J connectivity index is 1.66. The summed E-state index contributed by atoms with van der Waals surface area (Å²) in [6.45, 7) is 6.66. The number of carbonyl (C=O) groups excluding carboxylic acids is 2. The number of hydrogen-bond acceptors (Lipinski definition) is 3. The van der Waals surface area contributed by atoms with Crippen LogP contribution in [0.5, 0.6) is 0 Å². The third kappa shape index (κ3) is 5.24. The molecule has 0 radical (unpaired) electrons. The normalized spacial score (nSPS) is 18.8. The van der Waals surface area contributed by atoms with Gasteiger partial charge in [-0.1, -0.05) is 74.9 Å². The molecule has 1 aliphatic heterocycles. The maximum Gasteiger partial charge on any atom is 0.243 e. The Hall–Kier alpha value is -2.66. The molecule has 0 bridgehead atoms. The first-order chi connectivity index (χ1) is 14.0. The first kappa shape index (κ1) is 21.1. The van der Waals surface area contributed by atoms with Crippen molar-refractivity contribution in [3.63, 3.8) is 0 Å². The highest BCUT2D eigenvalue weighted by molar-refractivity contribution is 5.90. The van der Waals surface area contributed by atoms with E-state index in [4.69, 9.17) is 0 Å². The maximum atomic E-state index is 13.0. The van der Waals surface area contributed by atoms with Crippen molar-refractivity contribution in [2.45, 2.75) is 58.3 Å². The number of nitrogens with one attached hydrogen (secondary N) is 3. The fourth-order valence-corrected chi connectivity index (χ4v) is 3.72. The molecule has 0 saturated heterocycles. The quantitative estimate of drug-likeness (QED) is 0.677. The molecule has 3 rings (SSSR count). The van der Waals surface area contributed by atoms with Crippen molar-refractivity contribution < 1.29 is 9.59 Å². The highest BCUT2D eigenvalue weighted by Gasteiger charge is 2.31. The molecule has 4 atom stereocenters. The fourth-order valence-electron chi connectivity index (χ4n) is 3.72. The van der Waals surface area contributed by atoms with Crippen LogP contribution in [-0.4, -0.2) is 23.9 Å². The van der Waals surface area contributed by atoms with Gasteiger partial charge in [-0.25, -0.2) is 0 Å². The summed E-state index contributed by atoms with van der Waals surface area (Å²) in [6, 6.07) is 17.0. The molecule has 2 unspecified atom stereocenters. The zero-order valence-electron chi connectivity index (χ0n) is 17.4. The van der Waals surface area contributed by atoms with E-state index in [0.29, 0.717) is 13.0 Å². The average Bonchev–Trinajstić information content (AvgIpc) is 2.76. The Labute approximate surface area is 173 Å². The molecular formula is C24H31N3O2. The SMILES string of the molecule is CCC(C)[C@H](NC(=O)[C@@H]1Cc2ccccc2CN1)C(=O)NC(C)c1ccccc1. The van der Waals surface area contributed by atoms with Crippen molar-refractivity contribution in [2.75, 3.05) is 0 Å². The first-order valence-corrected chi connectivity index (χ1v) is 10.5. The Kier molecular flexibility index (Phi) is 7.04. The van der Waals surface area contributed by atoms with Gasteiger partial charge in [0.15, 0.2) is 0 Å². The molecule has 154 valence electrons. The van der Waals surface area contributed by atoms with Crippen LogP contribution < -0.4 is 16.0 Å². The van der Waals surface area contributed by atoms with Crippen LogP contribution in [-0.2, 0) is 22.6 Å². The van der Waals surface area contributed by atoms with E-state index in [2.05, 4.69) is 28.1 Å². The molecule has 0 spiro atoms. The Morgan fingerprint density at radius 3 is 2.34 bits per heavy atom. The van der Waals surface area contributed by atoms with Crippen LogP contribution in [0.4, 0.5) is 0 Å². The van der Waals surface area contributed by atoms with Crippen molar-refractivity contribution in [2.24, 2.45) is 5.92 Å². The van der Waals surface area contributed by atoms with E-state index in [1.54, 1.807) is 0 Å². The summed E-state index contributed by atoms with van der Waals surface area (Å²) in [4.78, 5) is 25.9. The summed E-state index contributed by atoms with van der Waals surface area (Å²) < 4.78 is 0. The van der Waals surface area contributed by atoms with Gasteiger partial charge in [-0.3, -0.25) is 9.59 Å². The molecule has 2 aromatic rings. The average molecular weight is 394 g/mol. The van der Waals surface area contributed by atoms with Gasteiger partial charge < -0.3 is 16.0 Å². The summed E-state index contributed by atoms with van der Waals surface area (Å²) in [5, 5.41) is 9.37. The van der Waals surface area contributed by atoms with E-state index in [1.165, 1.54) is 11.1 Å². The van der Waals surface area contributed by atoms with Crippen LogP contribution in [0.1, 0.15) is 49.9 Å². The highest BCUT2D eigenvalue weighted by atomic mass is 16.2. The van der Waals surface area contributed by atoms with Crippen LogP contribution in [0.3, 0.4) is 0 Å². The van der Waals surface area contributed by atoms with E-state index < -0.39 is 6.04 Å². The van der Waals surface area contributed by atoms with E-state index in [1.807, 2.05) is 63.2 Å². The van der Waals surface area contributed by atoms with Crippen LogP contribution in [0.2, 0.25) is 0 Å². The van der Waals surface area contributed by atoms with E-state index in [9.17, 15) is 9.59 Å². The summed E-state index contributed by atoms with van der Waals surface area (Å²) >= 11 is 0. The Bertz CT molecular complexity index is 837. The van der Waals surface area contributed by atoms with Gasteiger partial charge >= 0.3 is 0 Å². The molecule has 2 amide bonds. The van der Waals surface area contributed by atoms with Crippen LogP contribution in [0, 0.1) is 5.92 Å². The van der Waals surface area contributed by atoms with Gasteiger partial charge in [0.1, 0.15) is 6.04 Å². The Morgan fingerprint density at radius 1 is 1.00 bits per heavy atom. The molecule has 3 N–H and O–H groups in total. The van der Waals surface area contributed by atoms with E-state index in [-0.39, 0.29) is 29.8 Å². The van der Waals surface area contributed by atoms with Gasteiger partial charge in [0.25, 0.3) is 0 Å². The second-order valence-corrected chi connectivity index (χ2v) is 7.92. The minimum atomic E-state index is -0.558. The summed E-state index contributed by atoms with van der Waals surface area (Å²) in [6.07, 6.45) is 1.44. The van der Waals surface area contributed by atoms with Gasteiger partial charge in [0.05, 0.1) is 12.1 Å². The maximum absolute atomic E-state index is 13.0. The lowest BCUT2D eigenvalue weighted by Gasteiger charge is -2.30. The largest absolute Gasteiger partial charge is 0.348 e. The van der Waals surface area contributed by atoms with Gasteiger partial charge in [-0.2, -0.15) is 0 Å². The van der Waals surface area contributed by atoms with Crippen molar-refractivity contribution in [1.82, 2.24) is 16.0 Å². The van der Waals surface area contributed by atoms with E-state index in [0.717, 1.165) is 12.0 Å². The third-order valence-corrected chi connectivity index (χ3v) is 5.85. The smallest absolute Gasteiger partial charge is 0.243 e. The van der Waals surface area contributed by atoms with Crippen molar-refractivity contribution in [3.8, 4) is 0 Å². The second-order valence-electron chi connectivity index (χ2n) is 7.92. The predicted molar refractivity (Wildman–Crippen MR) is 115 cm³/mol. The molecular weight excluding hydrogens is 362 g/mol. The number of hydrogen-bond donors (Lipinski definition) is 3. The van der Waals surface area contributed by atoms with Gasteiger partial charge in [0.2, 0.25) is 11.8 Å². The number of rotatable bonds is 7. The lowest BCUT2D eigenvalue weighted by atomic mass is 9.94. The number of amides is 2. The molecule has 1 heterocycles. The lowest BCUT2D eigenvalue weighted by Crippen LogP contribution is -2.56. The van der Waals surface area contributed by atoms with Gasteiger partial charge in [0, 0.05) is 6.54 Å². The molecule has 0 fully saturated rings. The predicted octanol–water partition coefficient (Wildman–Crippen LogP) is 3.11. The molecule has 0 aromatic heterocycles. The lowest BCUT2D eigenvalue weighted by molar-refractivity contribution is -0.131. The first-order valence-electron chi connectivity index (χ1n) is 10.5. The summed E-state index contributed by atoms with van der Waals surface area (Å²) in [5.41, 5.74) is 3.46. The summed E-state index contributed by atoms with van der Waals surface area (Å²) in [7, 11) is 0. The molecule has 29 heavy (non-hydrogen) atoms. The topological polar surface area (TPSA) is 70.2 Å². The van der Waals surface area contributed by atoms with Crippen molar-refractivity contribution in [3.05, 3.63) is 71.3 Å². The molecule has 5 heteroatoms.